The van der Waals surface area contributed by atoms with Gasteiger partial charge in [-0.1, -0.05) is 24.3 Å². The number of alkyl halides is 3. The van der Waals surface area contributed by atoms with Gasteiger partial charge in [-0.25, -0.2) is 0 Å². The summed E-state index contributed by atoms with van der Waals surface area (Å²) in [6.07, 6.45) is -4.31. The zero-order valence-electron chi connectivity index (χ0n) is 7.44. The quantitative estimate of drug-likeness (QED) is 0.668. The Balaban J connectivity index is 2.80. The molecular formula is C10H8F3N. The van der Waals surface area contributed by atoms with Crippen LogP contribution < -0.4 is 0 Å². The first-order valence-corrected chi connectivity index (χ1v) is 4.14. The molecule has 0 atom stereocenters. The molecule has 1 heterocycles. The summed E-state index contributed by atoms with van der Waals surface area (Å²) in [5, 5.41) is 0.859. The Morgan fingerprint density at radius 3 is 2.21 bits per heavy atom. The van der Waals surface area contributed by atoms with E-state index in [1.807, 2.05) is 0 Å². The Bertz CT molecular complexity index is 468. The van der Waals surface area contributed by atoms with Crippen molar-refractivity contribution in [2.45, 2.75) is 13.1 Å². The third-order valence-electron chi connectivity index (χ3n) is 2.20. The summed E-state index contributed by atoms with van der Waals surface area (Å²) < 4.78 is 37.5. The second-order valence-corrected chi connectivity index (χ2v) is 3.17. The lowest BCUT2D eigenvalue weighted by Crippen LogP contribution is -2.05. The van der Waals surface area contributed by atoms with Gasteiger partial charge in [-0.15, -0.1) is 0 Å². The maximum atomic E-state index is 12.5. The van der Waals surface area contributed by atoms with Crippen LogP contribution in [0.4, 0.5) is 13.2 Å². The molecule has 0 saturated carbocycles. The molecule has 0 radical (unpaired) electrons. The molecule has 0 bridgehead atoms. The van der Waals surface area contributed by atoms with E-state index in [-0.39, 0.29) is 5.39 Å². The van der Waals surface area contributed by atoms with Gasteiger partial charge in [-0.3, -0.25) is 0 Å². The zero-order chi connectivity index (χ0) is 10.3. The highest BCUT2D eigenvalue weighted by Gasteiger charge is 2.34. The Morgan fingerprint density at radius 1 is 1.07 bits per heavy atom. The first kappa shape index (κ1) is 9.12. The number of aromatic amines is 1. The number of aryl methyl sites for hydroxylation is 1. The second kappa shape index (κ2) is 2.77. The van der Waals surface area contributed by atoms with Gasteiger partial charge in [0, 0.05) is 16.5 Å². The number of rotatable bonds is 0. The van der Waals surface area contributed by atoms with E-state index in [2.05, 4.69) is 4.98 Å². The van der Waals surface area contributed by atoms with E-state index < -0.39 is 11.9 Å². The van der Waals surface area contributed by atoms with Crippen LogP contribution in [0.15, 0.2) is 24.3 Å². The van der Waals surface area contributed by atoms with E-state index >= 15 is 0 Å². The molecule has 1 nitrogen and oxygen atoms in total. The maximum Gasteiger partial charge on any atom is 0.431 e. The fourth-order valence-corrected chi connectivity index (χ4v) is 1.57. The van der Waals surface area contributed by atoms with Crippen LogP contribution in [0.25, 0.3) is 10.8 Å². The third-order valence-corrected chi connectivity index (χ3v) is 2.20. The van der Waals surface area contributed by atoms with Crippen molar-refractivity contribution in [1.29, 1.82) is 0 Å². The maximum absolute atomic E-state index is 12.5. The number of halogens is 3. The fourth-order valence-electron chi connectivity index (χ4n) is 1.57. The van der Waals surface area contributed by atoms with E-state index in [4.69, 9.17) is 0 Å². The number of H-pyrrole nitrogens is 1. The van der Waals surface area contributed by atoms with Gasteiger partial charge in [0.2, 0.25) is 0 Å². The molecule has 0 aliphatic rings. The number of aromatic nitrogens is 1. The number of hydrogen-bond donors (Lipinski definition) is 1. The molecule has 0 unspecified atom stereocenters. The molecule has 14 heavy (non-hydrogen) atoms. The van der Waals surface area contributed by atoms with Crippen molar-refractivity contribution in [3.63, 3.8) is 0 Å². The molecule has 2 aromatic rings. The summed E-state index contributed by atoms with van der Waals surface area (Å²) in [6.45, 7) is 1.64. The van der Waals surface area contributed by atoms with Gasteiger partial charge in [0.25, 0.3) is 0 Å². The lowest BCUT2D eigenvalue weighted by atomic mass is 10.1. The molecule has 0 amide bonds. The highest BCUT2D eigenvalue weighted by molar-refractivity contribution is 5.88. The topological polar surface area (TPSA) is 15.8 Å². The van der Waals surface area contributed by atoms with Crippen molar-refractivity contribution >= 4 is 10.8 Å². The zero-order valence-corrected chi connectivity index (χ0v) is 7.44. The van der Waals surface area contributed by atoms with Crippen LogP contribution in [0.3, 0.4) is 0 Å². The smallest absolute Gasteiger partial charge is 0.354 e. The van der Waals surface area contributed by atoms with Gasteiger partial charge >= 0.3 is 6.18 Å². The highest BCUT2D eigenvalue weighted by Crippen LogP contribution is 2.35. The molecule has 4 heteroatoms. The van der Waals surface area contributed by atoms with Crippen molar-refractivity contribution < 1.29 is 13.2 Å². The standard InChI is InChI=1S/C10H8F3N/c1-6-7-4-2-3-5-8(7)9(14-6)10(11,12)13/h2-5,14H,1H3. The van der Waals surface area contributed by atoms with Crippen molar-refractivity contribution in [1.82, 2.24) is 4.98 Å². The van der Waals surface area contributed by atoms with Crippen LogP contribution in [0.5, 0.6) is 0 Å². The molecule has 74 valence electrons. The largest absolute Gasteiger partial charge is 0.431 e. The predicted octanol–water partition coefficient (Wildman–Crippen LogP) is 3.50. The Morgan fingerprint density at radius 2 is 1.64 bits per heavy atom. The molecule has 0 saturated heterocycles. The van der Waals surface area contributed by atoms with Crippen molar-refractivity contribution in [3.05, 3.63) is 35.7 Å². The monoisotopic (exact) mass is 199 g/mol. The summed E-state index contributed by atoms with van der Waals surface area (Å²) in [5.74, 6) is 0. The molecule has 1 N–H and O–H groups in total. The van der Waals surface area contributed by atoms with Gasteiger partial charge in [0.1, 0.15) is 5.69 Å². The van der Waals surface area contributed by atoms with E-state index in [0.717, 1.165) is 0 Å². The van der Waals surface area contributed by atoms with Crippen LogP contribution in [-0.2, 0) is 6.18 Å². The van der Waals surface area contributed by atoms with E-state index in [0.29, 0.717) is 11.1 Å². The van der Waals surface area contributed by atoms with Crippen LogP contribution in [0, 0.1) is 6.92 Å². The Labute approximate surface area is 78.5 Å². The van der Waals surface area contributed by atoms with E-state index in [1.54, 1.807) is 25.1 Å². The minimum absolute atomic E-state index is 0.234. The number of hydrogen-bond acceptors (Lipinski definition) is 0. The number of nitrogens with one attached hydrogen (secondary N) is 1. The Kier molecular flexibility index (Phi) is 1.80. The first-order chi connectivity index (χ1) is 6.50. The van der Waals surface area contributed by atoms with Crippen molar-refractivity contribution in [3.8, 4) is 0 Å². The summed E-state index contributed by atoms with van der Waals surface area (Å²) in [6, 6.07) is 6.48. The van der Waals surface area contributed by atoms with Crippen LogP contribution in [0.1, 0.15) is 11.4 Å². The molecule has 1 aromatic carbocycles. The van der Waals surface area contributed by atoms with E-state index in [9.17, 15) is 13.2 Å². The highest BCUT2D eigenvalue weighted by atomic mass is 19.4. The van der Waals surface area contributed by atoms with Crippen molar-refractivity contribution in [2.24, 2.45) is 0 Å². The van der Waals surface area contributed by atoms with Gasteiger partial charge in [-0.05, 0) is 6.92 Å². The van der Waals surface area contributed by atoms with Gasteiger partial charge in [0.15, 0.2) is 0 Å². The number of benzene rings is 1. The lowest BCUT2D eigenvalue weighted by molar-refractivity contribution is -0.139. The van der Waals surface area contributed by atoms with Crippen LogP contribution >= 0.6 is 0 Å². The van der Waals surface area contributed by atoms with Gasteiger partial charge in [0.05, 0.1) is 0 Å². The second-order valence-electron chi connectivity index (χ2n) is 3.17. The third kappa shape index (κ3) is 1.27. The van der Waals surface area contributed by atoms with Crippen LogP contribution in [0.2, 0.25) is 0 Å². The molecule has 0 spiro atoms. The molecule has 0 aliphatic carbocycles. The van der Waals surface area contributed by atoms with Crippen LogP contribution in [-0.4, -0.2) is 4.98 Å². The SMILES string of the molecule is Cc1[nH]c(C(F)(F)F)c2ccccc12. The van der Waals surface area contributed by atoms with Gasteiger partial charge in [-0.2, -0.15) is 13.2 Å². The molecule has 0 fully saturated rings. The summed E-state index contributed by atoms with van der Waals surface area (Å²) in [4.78, 5) is 2.37. The minimum Gasteiger partial charge on any atom is -0.354 e. The van der Waals surface area contributed by atoms with Crippen molar-refractivity contribution in [2.75, 3.05) is 0 Å². The Hall–Kier alpha value is -1.45. The molecule has 1 aromatic heterocycles. The average molecular weight is 199 g/mol. The average Bonchev–Trinajstić information content (AvgIpc) is 2.44. The molecule has 0 aliphatic heterocycles. The predicted molar refractivity (Wildman–Crippen MR) is 48.0 cm³/mol. The number of fused-ring (bicyclic) bond motifs is 1. The minimum atomic E-state index is -4.31. The normalized spacial score (nSPS) is 12.3. The van der Waals surface area contributed by atoms with E-state index in [1.165, 1.54) is 6.07 Å². The molecular weight excluding hydrogens is 191 g/mol. The summed E-state index contributed by atoms with van der Waals surface area (Å²) in [7, 11) is 0. The summed E-state index contributed by atoms with van der Waals surface area (Å²) >= 11 is 0. The summed E-state index contributed by atoms with van der Waals surface area (Å²) in [5.41, 5.74) is -0.112. The fraction of sp³-hybridized carbons (Fsp3) is 0.200. The van der Waals surface area contributed by atoms with Gasteiger partial charge < -0.3 is 4.98 Å². The lowest BCUT2D eigenvalue weighted by Gasteiger charge is -2.03. The first-order valence-electron chi connectivity index (χ1n) is 4.14. The molecule has 2 rings (SSSR count).